The number of benzene rings is 1. The van der Waals surface area contributed by atoms with Crippen LogP contribution in [0.1, 0.15) is 84.5 Å². The molecule has 0 fully saturated rings. The monoisotopic (exact) mass is 399 g/mol. The van der Waals surface area contributed by atoms with Gasteiger partial charge in [-0.3, -0.25) is 14.2 Å². The van der Waals surface area contributed by atoms with E-state index < -0.39 is 0 Å². The lowest BCUT2D eigenvalue weighted by Gasteiger charge is -2.32. The molecule has 1 aromatic heterocycles. The summed E-state index contributed by atoms with van der Waals surface area (Å²) in [5, 5.41) is 0.619. The van der Waals surface area contributed by atoms with E-state index in [0.717, 1.165) is 38.5 Å². The first-order chi connectivity index (χ1) is 13.9. The molecule has 160 valence electrons. The molecule has 1 unspecified atom stereocenters. The summed E-state index contributed by atoms with van der Waals surface area (Å²) in [5.74, 6) is 1.37. The molecule has 0 aliphatic carbocycles. The number of amides is 1. The molecule has 0 radical (unpaired) electrons. The summed E-state index contributed by atoms with van der Waals surface area (Å²) in [6.07, 6.45) is 6.57. The smallest absolute Gasteiger partial charge is 0.261 e. The molecular formula is C24H37N3O2. The molecule has 2 aromatic rings. The second-order valence-corrected chi connectivity index (χ2v) is 8.36. The van der Waals surface area contributed by atoms with Crippen LogP contribution in [0.5, 0.6) is 0 Å². The molecule has 0 N–H and O–H groups in total. The number of hydrogen-bond donors (Lipinski definition) is 0. The molecule has 0 spiro atoms. The van der Waals surface area contributed by atoms with Crippen LogP contribution >= 0.6 is 0 Å². The predicted molar refractivity (Wildman–Crippen MR) is 120 cm³/mol. The summed E-state index contributed by atoms with van der Waals surface area (Å²) in [4.78, 5) is 32.8. The van der Waals surface area contributed by atoms with E-state index in [2.05, 4.69) is 27.7 Å². The molecule has 0 bridgehead atoms. The number of nitrogens with zero attached hydrogens (tertiary/aromatic N) is 3. The Morgan fingerprint density at radius 3 is 2.52 bits per heavy atom. The van der Waals surface area contributed by atoms with Gasteiger partial charge >= 0.3 is 0 Å². The Labute approximate surface area is 175 Å². The molecule has 0 saturated carbocycles. The standard InChI is InChI=1S/C24H37N3O2/c1-6-8-9-10-15-22(28)27(17-16-18(3)4)21(7-2)23-25-20-14-12-11-13-19(20)24(29)26(23)5/h11-14,18,21H,6-10,15-17H2,1-5H3. The number of carbonyl (C=O) groups excluding carboxylic acids is 1. The van der Waals surface area contributed by atoms with Crippen LogP contribution in [0.4, 0.5) is 0 Å². The average Bonchev–Trinajstić information content (AvgIpc) is 2.71. The highest BCUT2D eigenvalue weighted by atomic mass is 16.2. The molecular weight excluding hydrogens is 362 g/mol. The number of unbranched alkanes of at least 4 members (excludes halogenated alkanes) is 3. The van der Waals surface area contributed by atoms with Gasteiger partial charge in [0.15, 0.2) is 0 Å². The normalized spacial score (nSPS) is 12.5. The fourth-order valence-corrected chi connectivity index (χ4v) is 3.77. The molecule has 5 nitrogen and oxygen atoms in total. The van der Waals surface area contributed by atoms with Crippen molar-refractivity contribution < 1.29 is 4.79 Å². The zero-order valence-corrected chi connectivity index (χ0v) is 18.8. The Balaban J connectivity index is 2.38. The Morgan fingerprint density at radius 2 is 1.86 bits per heavy atom. The van der Waals surface area contributed by atoms with Crippen LogP contribution in [-0.4, -0.2) is 26.9 Å². The first-order valence-corrected chi connectivity index (χ1v) is 11.2. The van der Waals surface area contributed by atoms with Crippen molar-refractivity contribution in [3.63, 3.8) is 0 Å². The van der Waals surface area contributed by atoms with Crippen molar-refractivity contribution >= 4 is 16.8 Å². The number of aromatic nitrogens is 2. The van der Waals surface area contributed by atoms with E-state index in [4.69, 9.17) is 4.98 Å². The third kappa shape index (κ3) is 5.91. The second kappa shape index (κ2) is 11.1. The highest BCUT2D eigenvalue weighted by molar-refractivity contribution is 5.78. The lowest BCUT2D eigenvalue weighted by Crippen LogP contribution is -2.39. The minimum absolute atomic E-state index is 0.0525. The van der Waals surface area contributed by atoms with Gasteiger partial charge in [-0.05, 0) is 37.3 Å². The van der Waals surface area contributed by atoms with Crippen LogP contribution in [0.3, 0.4) is 0 Å². The zero-order chi connectivity index (χ0) is 21.4. The van der Waals surface area contributed by atoms with E-state index in [1.807, 2.05) is 29.2 Å². The molecule has 0 saturated heterocycles. The van der Waals surface area contributed by atoms with Crippen molar-refractivity contribution in [3.8, 4) is 0 Å². The van der Waals surface area contributed by atoms with Gasteiger partial charge in [0.05, 0.1) is 16.9 Å². The van der Waals surface area contributed by atoms with Gasteiger partial charge in [-0.15, -0.1) is 0 Å². The molecule has 1 aromatic carbocycles. The lowest BCUT2D eigenvalue weighted by molar-refractivity contribution is -0.134. The minimum Gasteiger partial charge on any atom is -0.333 e. The zero-order valence-electron chi connectivity index (χ0n) is 18.8. The predicted octanol–water partition coefficient (Wildman–Crippen LogP) is 5.23. The third-order valence-electron chi connectivity index (χ3n) is 5.59. The molecule has 29 heavy (non-hydrogen) atoms. The largest absolute Gasteiger partial charge is 0.333 e. The summed E-state index contributed by atoms with van der Waals surface area (Å²) in [5.41, 5.74) is 0.645. The van der Waals surface area contributed by atoms with E-state index in [1.165, 1.54) is 0 Å². The van der Waals surface area contributed by atoms with Crippen LogP contribution in [-0.2, 0) is 11.8 Å². The second-order valence-electron chi connectivity index (χ2n) is 8.36. The van der Waals surface area contributed by atoms with Crippen LogP contribution < -0.4 is 5.56 Å². The Bertz CT molecular complexity index is 857. The number of para-hydroxylation sites is 1. The molecule has 5 heteroatoms. The number of hydrogen-bond acceptors (Lipinski definition) is 3. The van der Waals surface area contributed by atoms with Crippen molar-refractivity contribution in [1.82, 2.24) is 14.5 Å². The van der Waals surface area contributed by atoms with Crippen molar-refractivity contribution in [2.75, 3.05) is 6.54 Å². The van der Waals surface area contributed by atoms with Crippen molar-refractivity contribution in [1.29, 1.82) is 0 Å². The van der Waals surface area contributed by atoms with Crippen molar-refractivity contribution in [3.05, 3.63) is 40.4 Å². The minimum atomic E-state index is -0.185. The summed E-state index contributed by atoms with van der Waals surface area (Å²) in [6, 6.07) is 7.25. The van der Waals surface area contributed by atoms with Gasteiger partial charge in [-0.1, -0.05) is 59.1 Å². The average molecular weight is 400 g/mol. The first kappa shape index (κ1) is 23.1. The number of fused-ring (bicyclic) bond motifs is 1. The van der Waals surface area contributed by atoms with E-state index in [1.54, 1.807) is 11.6 Å². The van der Waals surface area contributed by atoms with E-state index >= 15 is 0 Å². The molecule has 1 atom stereocenters. The van der Waals surface area contributed by atoms with E-state index in [9.17, 15) is 9.59 Å². The fourth-order valence-electron chi connectivity index (χ4n) is 3.77. The molecule has 1 amide bonds. The summed E-state index contributed by atoms with van der Waals surface area (Å²) in [6.45, 7) is 9.30. The fraction of sp³-hybridized carbons (Fsp3) is 0.625. The quantitative estimate of drug-likeness (QED) is 0.486. The van der Waals surface area contributed by atoms with Gasteiger partial charge in [0.25, 0.3) is 5.56 Å². The van der Waals surface area contributed by atoms with Gasteiger partial charge in [0.1, 0.15) is 5.82 Å². The van der Waals surface area contributed by atoms with E-state index in [0.29, 0.717) is 35.6 Å². The van der Waals surface area contributed by atoms with E-state index in [-0.39, 0.29) is 17.5 Å². The first-order valence-electron chi connectivity index (χ1n) is 11.2. The summed E-state index contributed by atoms with van der Waals surface area (Å²) >= 11 is 0. The molecule has 1 heterocycles. The summed E-state index contributed by atoms with van der Waals surface area (Å²) < 4.78 is 1.63. The highest BCUT2D eigenvalue weighted by Gasteiger charge is 2.27. The maximum absolute atomic E-state index is 13.2. The number of carbonyl (C=O) groups is 1. The van der Waals surface area contributed by atoms with Crippen LogP contribution in [0.25, 0.3) is 10.9 Å². The Kier molecular flexibility index (Phi) is 8.87. The molecule has 0 aliphatic rings. The highest BCUT2D eigenvalue weighted by Crippen LogP contribution is 2.25. The number of rotatable bonds is 11. The Hall–Kier alpha value is -2.17. The third-order valence-corrected chi connectivity index (χ3v) is 5.59. The SMILES string of the molecule is CCCCCCC(=O)N(CCC(C)C)C(CC)c1nc2ccccc2c(=O)n1C. The topological polar surface area (TPSA) is 55.2 Å². The van der Waals surface area contributed by atoms with Crippen molar-refractivity contribution in [2.24, 2.45) is 13.0 Å². The van der Waals surface area contributed by atoms with Crippen molar-refractivity contribution in [2.45, 2.75) is 78.7 Å². The van der Waals surface area contributed by atoms with Gasteiger partial charge in [0, 0.05) is 20.0 Å². The van der Waals surface area contributed by atoms with Gasteiger partial charge < -0.3 is 4.90 Å². The lowest BCUT2D eigenvalue weighted by atomic mass is 10.1. The van der Waals surface area contributed by atoms with Gasteiger partial charge in [-0.2, -0.15) is 0 Å². The maximum Gasteiger partial charge on any atom is 0.261 e. The maximum atomic E-state index is 13.2. The van der Waals surface area contributed by atoms with Gasteiger partial charge in [0.2, 0.25) is 5.91 Å². The Morgan fingerprint density at radius 1 is 1.14 bits per heavy atom. The van der Waals surface area contributed by atoms with Crippen LogP contribution in [0.2, 0.25) is 0 Å². The van der Waals surface area contributed by atoms with Gasteiger partial charge in [-0.25, -0.2) is 4.98 Å². The van der Waals surface area contributed by atoms with Crippen LogP contribution in [0, 0.1) is 5.92 Å². The molecule has 0 aliphatic heterocycles. The van der Waals surface area contributed by atoms with Crippen LogP contribution in [0.15, 0.2) is 29.1 Å². The summed E-state index contributed by atoms with van der Waals surface area (Å²) in [7, 11) is 1.77. The molecule has 2 rings (SSSR count).